The van der Waals surface area contributed by atoms with E-state index in [1.165, 1.54) is 13.0 Å². The first-order valence-corrected chi connectivity index (χ1v) is 11.1. The van der Waals surface area contributed by atoms with Crippen LogP contribution in [0, 0.1) is 23.4 Å². The molecule has 3 aromatic rings. The van der Waals surface area contributed by atoms with Gasteiger partial charge < -0.3 is 20.1 Å². The summed E-state index contributed by atoms with van der Waals surface area (Å²) in [5, 5.41) is -0.255. The van der Waals surface area contributed by atoms with Crippen molar-refractivity contribution in [3.05, 3.63) is 57.6 Å². The van der Waals surface area contributed by atoms with Gasteiger partial charge in [0, 0.05) is 12.3 Å². The lowest BCUT2D eigenvalue weighted by Crippen LogP contribution is -2.53. The Kier molecular flexibility index (Phi) is 6.61. The Morgan fingerprint density at radius 1 is 1.14 bits per heavy atom. The van der Waals surface area contributed by atoms with Gasteiger partial charge in [0.15, 0.2) is 23.3 Å². The molecule has 2 N–H and O–H groups in total. The summed E-state index contributed by atoms with van der Waals surface area (Å²) in [6, 6.07) is 2.71. The predicted molar refractivity (Wildman–Crippen MR) is 125 cm³/mol. The average molecular weight is 504 g/mol. The number of anilines is 2. The second-order valence-electron chi connectivity index (χ2n) is 8.56. The number of rotatable bonds is 6. The molecule has 1 saturated heterocycles. The highest BCUT2D eigenvalue weighted by atomic mass is 19.1. The minimum atomic E-state index is -1.13. The molecular formula is C24H23F3N4O5. The number of nitrogens with zero attached hydrogens (tertiary/aromatic N) is 3. The highest BCUT2D eigenvalue weighted by Crippen LogP contribution is 2.31. The maximum Gasteiger partial charge on any atom is 0.343 e. The number of halogens is 3. The van der Waals surface area contributed by atoms with Crippen LogP contribution in [0.3, 0.4) is 0 Å². The highest BCUT2D eigenvalue weighted by Gasteiger charge is 2.33. The fraction of sp³-hybridized carbons (Fsp3) is 0.333. The second-order valence-corrected chi connectivity index (χ2v) is 8.56. The average Bonchev–Trinajstić information content (AvgIpc) is 2.79. The van der Waals surface area contributed by atoms with Crippen LogP contribution in [0.1, 0.15) is 31.1 Å². The molecule has 0 spiro atoms. The van der Waals surface area contributed by atoms with Crippen molar-refractivity contribution in [2.45, 2.75) is 26.9 Å². The van der Waals surface area contributed by atoms with Gasteiger partial charge in [-0.05, 0) is 19.1 Å². The molecule has 0 saturated carbocycles. The molecule has 4 rings (SSSR count). The molecule has 12 heteroatoms. The first-order chi connectivity index (χ1) is 17.0. The number of esters is 2. The molecule has 0 aliphatic carbocycles. The third-order valence-electron chi connectivity index (χ3n) is 5.68. The van der Waals surface area contributed by atoms with Gasteiger partial charge in [0.2, 0.25) is 5.43 Å². The third-order valence-corrected chi connectivity index (χ3v) is 5.68. The molecule has 1 aliphatic heterocycles. The SMILES string of the molecule is CCOC(=O)c1cn(-c2nc(N)c(F)cc2F)c2cc(N3CC(OC(=O)C(C)C)C3)c(F)cc2c1=O. The Balaban J connectivity index is 1.86. The maximum atomic E-state index is 15.1. The van der Waals surface area contributed by atoms with Crippen LogP contribution < -0.4 is 16.1 Å². The van der Waals surface area contributed by atoms with Crippen molar-refractivity contribution in [1.82, 2.24) is 9.55 Å². The number of nitrogen functional groups attached to an aromatic ring is 1. The number of carbonyl (C=O) groups excluding carboxylic acids is 2. The molecule has 1 fully saturated rings. The van der Waals surface area contributed by atoms with Gasteiger partial charge in [-0.1, -0.05) is 13.8 Å². The molecule has 1 aromatic carbocycles. The number of hydrogen-bond acceptors (Lipinski definition) is 8. The number of pyridine rings is 2. The lowest BCUT2D eigenvalue weighted by molar-refractivity contribution is -0.153. The molecule has 0 atom stereocenters. The Hall–Kier alpha value is -4.09. The van der Waals surface area contributed by atoms with E-state index in [0.717, 1.165) is 16.8 Å². The van der Waals surface area contributed by atoms with Gasteiger partial charge in [0.25, 0.3) is 0 Å². The Labute approximate surface area is 203 Å². The molecule has 2 aromatic heterocycles. The number of aromatic nitrogens is 2. The molecule has 3 heterocycles. The van der Waals surface area contributed by atoms with E-state index in [4.69, 9.17) is 15.2 Å². The lowest BCUT2D eigenvalue weighted by Gasteiger charge is -2.40. The minimum Gasteiger partial charge on any atom is -0.462 e. The Bertz CT molecular complexity index is 1430. The van der Waals surface area contributed by atoms with Crippen molar-refractivity contribution in [2.75, 3.05) is 30.3 Å². The number of carbonyl (C=O) groups is 2. The number of benzene rings is 1. The topological polar surface area (TPSA) is 117 Å². The predicted octanol–water partition coefficient (Wildman–Crippen LogP) is 2.95. The van der Waals surface area contributed by atoms with Crippen molar-refractivity contribution in [1.29, 1.82) is 0 Å². The molecule has 0 radical (unpaired) electrons. The van der Waals surface area contributed by atoms with Crippen LogP contribution in [-0.4, -0.2) is 47.3 Å². The summed E-state index contributed by atoms with van der Waals surface area (Å²) in [6.07, 6.45) is 0.551. The van der Waals surface area contributed by atoms with Crippen molar-refractivity contribution < 1.29 is 32.2 Å². The number of ether oxygens (including phenoxy) is 2. The summed E-state index contributed by atoms with van der Waals surface area (Å²) in [5.74, 6) is -5.83. The van der Waals surface area contributed by atoms with Crippen LogP contribution in [0.15, 0.2) is 29.2 Å². The fourth-order valence-electron chi connectivity index (χ4n) is 3.76. The third kappa shape index (κ3) is 4.45. The zero-order valence-electron chi connectivity index (χ0n) is 19.7. The molecular weight excluding hydrogens is 481 g/mol. The van der Waals surface area contributed by atoms with Gasteiger partial charge in [-0.15, -0.1) is 0 Å². The van der Waals surface area contributed by atoms with E-state index in [0.29, 0.717) is 6.07 Å². The van der Waals surface area contributed by atoms with Crippen LogP contribution in [0.5, 0.6) is 0 Å². The first kappa shape index (κ1) is 25.0. The van der Waals surface area contributed by atoms with E-state index in [9.17, 15) is 23.2 Å². The molecule has 0 bridgehead atoms. The normalized spacial score (nSPS) is 13.7. The van der Waals surface area contributed by atoms with Crippen molar-refractivity contribution in [2.24, 2.45) is 5.92 Å². The van der Waals surface area contributed by atoms with E-state index in [2.05, 4.69) is 4.98 Å². The van der Waals surface area contributed by atoms with Crippen LogP contribution in [-0.2, 0) is 14.3 Å². The van der Waals surface area contributed by atoms with E-state index in [1.807, 2.05) is 0 Å². The van der Waals surface area contributed by atoms with Crippen molar-refractivity contribution in [3.63, 3.8) is 0 Å². The second kappa shape index (κ2) is 9.51. The molecule has 9 nitrogen and oxygen atoms in total. The number of hydrogen-bond donors (Lipinski definition) is 1. The summed E-state index contributed by atoms with van der Waals surface area (Å²) in [4.78, 5) is 42.6. The zero-order chi connectivity index (χ0) is 26.3. The van der Waals surface area contributed by atoms with E-state index in [1.54, 1.807) is 18.7 Å². The summed E-state index contributed by atoms with van der Waals surface area (Å²) < 4.78 is 54.9. The Morgan fingerprint density at radius 3 is 2.47 bits per heavy atom. The molecule has 36 heavy (non-hydrogen) atoms. The summed E-state index contributed by atoms with van der Waals surface area (Å²) >= 11 is 0. The minimum absolute atomic E-state index is 0.00974. The smallest absolute Gasteiger partial charge is 0.343 e. The van der Waals surface area contributed by atoms with E-state index in [-0.39, 0.29) is 48.2 Å². The van der Waals surface area contributed by atoms with Gasteiger partial charge in [0.05, 0.1) is 42.2 Å². The highest BCUT2D eigenvalue weighted by molar-refractivity contribution is 5.95. The maximum absolute atomic E-state index is 15.1. The molecule has 0 amide bonds. The molecule has 190 valence electrons. The van der Waals surface area contributed by atoms with Crippen LogP contribution in [0.4, 0.5) is 24.7 Å². The summed E-state index contributed by atoms with van der Waals surface area (Å²) in [7, 11) is 0. The fourth-order valence-corrected chi connectivity index (χ4v) is 3.76. The quantitative estimate of drug-likeness (QED) is 0.510. The van der Waals surface area contributed by atoms with E-state index >= 15 is 4.39 Å². The Morgan fingerprint density at radius 2 is 1.83 bits per heavy atom. The monoisotopic (exact) mass is 504 g/mol. The van der Waals surface area contributed by atoms with Gasteiger partial charge in [-0.3, -0.25) is 14.2 Å². The number of nitrogens with two attached hydrogens (primary N) is 1. The zero-order valence-corrected chi connectivity index (χ0v) is 19.7. The summed E-state index contributed by atoms with van der Waals surface area (Å²) in [6.45, 7) is 5.27. The van der Waals surface area contributed by atoms with Gasteiger partial charge in [-0.2, -0.15) is 0 Å². The molecule has 1 aliphatic rings. The van der Waals surface area contributed by atoms with Crippen molar-refractivity contribution >= 4 is 34.3 Å². The van der Waals surface area contributed by atoms with Gasteiger partial charge in [-0.25, -0.2) is 22.9 Å². The number of fused-ring (bicyclic) bond motifs is 1. The largest absolute Gasteiger partial charge is 0.462 e. The van der Waals surface area contributed by atoms with Crippen molar-refractivity contribution in [3.8, 4) is 5.82 Å². The molecule has 0 unspecified atom stereocenters. The summed E-state index contributed by atoms with van der Waals surface area (Å²) in [5.41, 5.74) is 4.23. The van der Waals surface area contributed by atoms with Crippen LogP contribution in [0.2, 0.25) is 0 Å². The van der Waals surface area contributed by atoms with E-state index < -0.39 is 52.2 Å². The first-order valence-electron chi connectivity index (χ1n) is 11.1. The lowest BCUT2D eigenvalue weighted by atomic mass is 10.1. The standard InChI is InChI=1S/C24H23F3N4O5/c1-4-35-24(34)14-10-31(22-17(27)6-16(26)21(28)29-22)18-7-19(15(25)5-13(18)20(14)32)30-8-12(9-30)36-23(33)11(2)3/h5-7,10-12H,4,8-9H2,1-3H3,(H2,28,29). The van der Waals surface area contributed by atoms with Crippen LogP contribution in [0.25, 0.3) is 16.7 Å². The van der Waals surface area contributed by atoms with Gasteiger partial charge in [0.1, 0.15) is 17.5 Å². The van der Waals surface area contributed by atoms with Crippen LogP contribution >= 0.6 is 0 Å². The van der Waals surface area contributed by atoms with Gasteiger partial charge >= 0.3 is 11.9 Å².